The third kappa shape index (κ3) is 4.56. The summed E-state index contributed by atoms with van der Waals surface area (Å²) < 4.78 is 0. The van der Waals surface area contributed by atoms with Crippen molar-refractivity contribution in [3.63, 3.8) is 0 Å². The second-order valence-corrected chi connectivity index (χ2v) is 6.02. The van der Waals surface area contributed by atoms with E-state index in [0.29, 0.717) is 18.3 Å². The minimum Gasteiger partial charge on any atom is -0.370 e. The molecule has 4 heteroatoms. The lowest BCUT2D eigenvalue weighted by Gasteiger charge is -2.28. The highest BCUT2D eigenvalue weighted by atomic mass is 16.1. The number of nitriles is 1. The first-order chi connectivity index (χ1) is 10.2. The number of aromatic nitrogens is 1. The Balaban J connectivity index is 1.94. The van der Waals surface area contributed by atoms with Crippen LogP contribution in [0.25, 0.3) is 0 Å². The zero-order valence-electron chi connectivity index (χ0n) is 12.6. The van der Waals surface area contributed by atoms with Crippen LogP contribution in [0.5, 0.6) is 0 Å². The maximum absolute atomic E-state index is 10.6. The van der Waals surface area contributed by atoms with Gasteiger partial charge in [0.15, 0.2) is 0 Å². The molecule has 21 heavy (non-hydrogen) atoms. The van der Waals surface area contributed by atoms with Crippen molar-refractivity contribution >= 4 is 12.0 Å². The van der Waals surface area contributed by atoms with Gasteiger partial charge in [0.25, 0.3) is 0 Å². The molecule has 1 aromatic heterocycles. The summed E-state index contributed by atoms with van der Waals surface area (Å²) in [6, 6.07) is 3.95. The Bertz CT molecular complexity index is 501. The molecule has 0 amide bonds. The lowest BCUT2D eigenvalue weighted by atomic mass is 9.78. The first-order valence-electron chi connectivity index (χ1n) is 7.75. The molecule has 0 aliphatic heterocycles. The van der Waals surface area contributed by atoms with E-state index in [2.05, 4.69) is 16.4 Å². The number of anilines is 1. The average Bonchev–Trinajstić information content (AvgIpc) is 2.51. The lowest BCUT2D eigenvalue weighted by molar-refractivity contribution is -0.108. The number of carbonyl (C=O) groups excluding carboxylic acids is 1. The van der Waals surface area contributed by atoms with Gasteiger partial charge in [-0.2, -0.15) is 5.26 Å². The van der Waals surface area contributed by atoms with Crippen LogP contribution >= 0.6 is 0 Å². The second-order valence-electron chi connectivity index (χ2n) is 6.02. The van der Waals surface area contributed by atoms with Gasteiger partial charge in [-0.1, -0.05) is 0 Å². The number of carbonyl (C=O) groups is 1. The minimum absolute atomic E-state index is 0.200. The largest absolute Gasteiger partial charge is 0.370 e. The van der Waals surface area contributed by atoms with Crippen LogP contribution in [-0.4, -0.2) is 17.3 Å². The number of pyridine rings is 1. The van der Waals surface area contributed by atoms with E-state index in [0.717, 1.165) is 31.2 Å². The van der Waals surface area contributed by atoms with Gasteiger partial charge in [-0.3, -0.25) is 4.98 Å². The lowest BCUT2D eigenvalue weighted by Crippen LogP contribution is -2.18. The summed E-state index contributed by atoms with van der Waals surface area (Å²) >= 11 is 0. The summed E-state index contributed by atoms with van der Waals surface area (Å²) in [6.07, 6.45) is 11.1. The number of nitrogens with one attached hydrogen (secondary N) is 1. The van der Waals surface area contributed by atoms with Gasteiger partial charge in [-0.15, -0.1) is 0 Å². The molecule has 0 radical (unpaired) electrons. The van der Waals surface area contributed by atoms with Crippen LogP contribution < -0.4 is 5.32 Å². The van der Waals surface area contributed by atoms with Gasteiger partial charge >= 0.3 is 0 Å². The number of nitrogens with zero attached hydrogens (tertiary/aromatic N) is 2. The molecule has 1 N–H and O–H groups in total. The highest BCUT2D eigenvalue weighted by Gasteiger charge is 2.22. The summed E-state index contributed by atoms with van der Waals surface area (Å²) in [6.45, 7) is 1.86. The van der Waals surface area contributed by atoms with Crippen LogP contribution in [0.2, 0.25) is 0 Å². The molecule has 4 nitrogen and oxygen atoms in total. The van der Waals surface area contributed by atoms with E-state index in [-0.39, 0.29) is 6.04 Å². The summed E-state index contributed by atoms with van der Waals surface area (Å²) in [5.74, 6) is 1.25. The number of hydrogen-bond donors (Lipinski definition) is 1. The topological polar surface area (TPSA) is 65.8 Å². The fourth-order valence-corrected chi connectivity index (χ4v) is 3.11. The van der Waals surface area contributed by atoms with Gasteiger partial charge in [0.05, 0.1) is 6.07 Å². The first kappa shape index (κ1) is 15.5. The van der Waals surface area contributed by atoms with Gasteiger partial charge < -0.3 is 10.1 Å². The molecule has 112 valence electrons. The molecular weight excluding hydrogens is 262 g/mol. The maximum atomic E-state index is 10.6. The van der Waals surface area contributed by atoms with Crippen molar-refractivity contribution < 1.29 is 4.79 Å². The number of aldehydes is 1. The molecule has 1 aromatic rings. The first-order valence-corrected chi connectivity index (χ1v) is 7.75. The molecule has 1 heterocycles. The van der Waals surface area contributed by atoms with Gasteiger partial charge in [0.2, 0.25) is 0 Å². The van der Waals surface area contributed by atoms with Crippen molar-refractivity contribution in [1.82, 2.24) is 4.98 Å². The third-order valence-electron chi connectivity index (χ3n) is 4.37. The Morgan fingerprint density at radius 3 is 2.81 bits per heavy atom. The van der Waals surface area contributed by atoms with Crippen LogP contribution in [0.4, 0.5) is 5.69 Å². The van der Waals surface area contributed by atoms with Crippen LogP contribution in [0.3, 0.4) is 0 Å². The third-order valence-corrected chi connectivity index (χ3v) is 4.37. The Morgan fingerprint density at radius 2 is 2.14 bits per heavy atom. The standard InChI is InChI=1S/C17H23N3O/c1-13(11-18)20-17-6-8-19-12-16(17)10-15-4-2-14(3-5-15)7-9-21/h6,8-9,12-15H,2-5,7,10H2,1H3,(H,19,20). The van der Waals surface area contributed by atoms with Crippen molar-refractivity contribution in [3.05, 3.63) is 24.0 Å². The van der Waals surface area contributed by atoms with Crippen molar-refractivity contribution in [2.75, 3.05) is 5.32 Å². The van der Waals surface area contributed by atoms with Gasteiger partial charge in [0.1, 0.15) is 12.3 Å². The highest BCUT2D eigenvalue weighted by Crippen LogP contribution is 2.33. The van der Waals surface area contributed by atoms with Crippen LogP contribution in [-0.2, 0) is 11.2 Å². The van der Waals surface area contributed by atoms with E-state index < -0.39 is 0 Å². The summed E-state index contributed by atoms with van der Waals surface area (Å²) in [7, 11) is 0. The van der Waals surface area contributed by atoms with Crippen LogP contribution in [0.15, 0.2) is 18.5 Å². The molecule has 1 unspecified atom stereocenters. The van der Waals surface area contributed by atoms with Gasteiger partial charge in [-0.25, -0.2) is 0 Å². The van der Waals surface area contributed by atoms with Crippen LogP contribution in [0.1, 0.15) is 44.6 Å². The van der Waals surface area contributed by atoms with Crippen LogP contribution in [0, 0.1) is 23.2 Å². The van der Waals surface area contributed by atoms with E-state index >= 15 is 0 Å². The molecule has 2 rings (SSSR count). The molecular formula is C17H23N3O. The fourth-order valence-electron chi connectivity index (χ4n) is 3.11. The highest BCUT2D eigenvalue weighted by molar-refractivity contribution is 5.51. The number of rotatable bonds is 6. The Hall–Kier alpha value is -1.89. The monoisotopic (exact) mass is 285 g/mol. The van der Waals surface area contributed by atoms with E-state index in [1.54, 1.807) is 6.20 Å². The predicted octanol–water partition coefficient (Wildman–Crippen LogP) is 3.34. The van der Waals surface area contributed by atoms with Crippen molar-refractivity contribution in [2.24, 2.45) is 11.8 Å². The van der Waals surface area contributed by atoms with Gasteiger partial charge in [0, 0.05) is 24.5 Å². The van der Waals surface area contributed by atoms with Gasteiger partial charge in [-0.05, 0) is 62.5 Å². The van der Waals surface area contributed by atoms with E-state index in [4.69, 9.17) is 5.26 Å². The Morgan fingerprint density at radius 1 is 1.43 bits per heavy atom. The quantitative estimate of drug-likeness (QED) is 0.814. The summed E-state index contributed by atoms with van der Waals surface area (Å²) in [5.41, 5.74) is 2.22. The molecule has 1 aliphatic rings. The summed E-state index contributed by atoms with van der Waals surface area (Å²) in [5, 5.41) is 12.2. The molecule has 0 saturated heterocycles. The van der Waals surface area contributed by atoms with E-state index in [9.17, 15) is 4.79 Å². The molecule has 0 spiro atoms. The Labute approximate surface area is 126 Å². The average molecular weight is 285 g/mol. The molecule has 0 aromatic carbocycles. The Kier molecular flexibility index (Phi) is 5.74. The van der Waals surface area contributed by atoms with Crippen molar-refractivity contribution in [2.45, 2.75) is 51.5 Å². The van der Waals surface area contributed by atoms with E-state index in [1.807, 2.05) is 19.2 Å². The smallest absolute Gasteiger partial charge is 0.120 e. The second kappa shape index (κ2) is 7.78. The molecule has 1 atom stereocenters. The molecule has 1 saturated carbocycles. The van der Waals surface area contributed by atoms with Crippen molar-refractivity contribution in [1.29, 1.82) is 5.26 Å². The zero-order valence-corrected chi connectivity index (χ0v) is 12.6. The fraction of sp³-hybridized carbons (Fsp3) is 0.588. The number of hydrogen-bond acceptors (Lipinski definition) is 4. The molecule has 1 fully saturated rings. The minimum atomic E-state index is -0.200. The zero-order chi connectivity index (χ0) is 15.1. The summed E-state index contributed by atoms with van der Waals surface area (Å²) in [4.78, 5) is 14.8. The van der Waals surface area contributed by atoms with Crippen molar-refractivity contribution in [3.8, 4) is 6.07 Å². The van der Waals surface area contributed by atoms with E-state index in [1.165, 1.54) is 18.4 Å². The normalized spacial score (nSPS) is 23.0. The maximum Gasteiger partial charge on any atom is 0.120 e. The predicted molar refractivity (Wildman–Crippen MR) is 82.8 cm³/mol. The SMILES string of the molecule is CC(C#N)Nc1ccncc1CC1CCC(CC=O)CC1. The molecule has 0 bridgehead atoms. The molecule has 1 aliphatic carbocycles.